The fourth-order valence-corrected chi connectivity index (χ4v) is 3.72. The van der Waals surface area contributed by atoms with Crippen LogP contribution in [0.15, 0.2) is 42.1 Å². The summed E-state index contributed by atoms with van der Waals surface area (Å²) in [5.74, 6) is -0.901. The molecular formula is C22H21Cl3N2O3. The van der Waals surface area contributed by atoms with Crippen LogP contribution in [0.25, 0.3) is 5.57 Å². The minimum atomic E-state index is -0.454. The van der Waals surface area contributed by atoms with Crippen molar-refractivity contribution in [3.05, 3.63) is 68.3 Å². The second kappa shape index (κ2) is 9.40. The topological polar surface area (TPSA) is 58.6 Å². The number of halogens is 3. The Bertz CT molecular complexity index is 1030. The van der Waals surface area contributed by atoms with Crippen molar-refractivity contribution in [3.8, 4) is 0 Å². The molecule has 0 radical (unpaired) electrons. The maximum absolute atomic E-state index is 13.2. The van der Waals surface area contributed by atoms with Crippen molar-refractivity contribution in [2.75, 3.05) is 18.5 Å². The smallest absolute Gasteiger partial charge is 0.278 e. The Kier molecular flexibility index (Phi) is 7.09. The van der Waals surface area contributed by atoms with Gasteiger partial charge < -0.3 is 10.1 Å². The van der Waals surface area contributed by atoms with Gasteiger partial charge in [-0.15, -0.1) is 0 Å². The van der Waals surface area contributed by atoms with Gasteiger partial charge in [-0.25, -0.2) is 0 Å². The van der Waals surface area contributed by atoms with E-state index in [1.165, 1.54) is 6.07 Å². The van der Waals surface area contributed by atoms with Gasteiger partial charge in [-0.3, -0.25) is 14.5 Å². The van der Waals surface area contributed by atoms with Gasteiger partial charge in [0.05, 0.1) is 29.9 Å². The van der Waals surface area contributed by atoms with Crippen LogP contribution in [0.3, 0.4) is 0 Å². The number of rotatable bonds is 7. The number of hydrogen-bond acceptors (Lipinski definition) is 4. The predicted octanol–water partition coefficient (Wildman–Crippen LogP) is 5.57. The van der Waals surface area contributed by atoms with Crippen molar-refractivity contribution in [3.63, 3.8) is 0 Å². The number of carbonyl (C=O) groups is 2. The molecule has 0 saturated heterocycles. The van der Waals surface area contributed by atoms with Gasteiger partial charge in [-0.05, 0) is 50.6 Å². The zero-order chi connectivity index (χ0) is 22.0. The van der Waals surface area contributed by atoms with E-state index in [0.717, 1.165) is 10.5 Å². The first kappa shape index (κ1) is 22.6. The summed E-state index contributed by atoms with van der Waals surface area (Å²) in [6.45, 7) is 6.02. The van der Waals surface area contributed by atoms with Crippen LogP contribution >= 0.6 is 34.8 Å². The van der Waals surface area contributed by atoms with Crippen molar-refractivity contribution < 1.29 is 14.3 Å². The third-order valence-electron chi connectivity index (χ3n) is 4.58. The number of benzene rings is 2. The van der Waals surface area contributed by atoms with E-state index < -0.39 is 11.8 Å². The number of nitrogens with zero attached hydrogens (tertiary/aromatic N) is 1. The number of carbonyl (C=O) groups excluding carboxylic acids is 2. The maximum Gasteiger partial charge on any atom is 0.278 e. The average Bonchev–Trinajstić information content (AvgIpc) is 2.89. The Hall–Kier alpha value is -2.05. The molecule has 0 atom stereocenters. The van der Waals surface area contributed by atoms with Crippen LogP contribution in [-0.2, 0) is 14.3 Å². The lowest BCUT2D eigenvalue weighted by molar-refractivity contribution is -0.137. The lowest BCUT2D eigenvalue weighted by Crippen LogP contribution is -2.35. The Morgan fingerprint density at radius 1 is 1.00 bits per heavy atom. The molecule has 0 aromatic heterocycles. The largest absolute Gasteiger partial charge is 0.377 e. The molecule has 1 heterocycles. The molecule has 1 aliphatic rings. The van der Waals surface area contributed by atoms with Gasteiger partial charge in [0.15, 0.2) is 0 Å². The van der Waals surface area contributed by atoms with E-state index in [1.54, 1.807) is 24.3 Å². The lowest BCUT2D eigenvalue weighted by Gasteiger charge is -2.16. The van der Waals surface area contributed by atoms with Crippen molar-refractivity contribution in [2.45, 2.75) is 26.9 Å². The molecule has 30 heavy (non-hydrogen) atoms. The molecule has 3 rings (SSSR count). The average molecular weight is 468 g/mol. The highest BCUT2D eigenvalue weighted by Crippen LogP contribution is 2.35. The van der Waals surface area contributed by atoms with Crippen molar-refractivity contribution in [2.24, 2.45) is 0 Å². The summed E-state index contributed by atoms with van der Waals surface area (Å²) in [7, 11) is 0. The number of anilines is 1. The van der Waals surface area contributed by atoms with Crippen molar-refractivity contribution in [1.82, 2.24) is 4.90 Å². The van der Waals surface area contributed by atoms with Gasteiger partial charge in [0.2, 0.25) is 0 Å². The first-order valence-corrected chi connectivity index (χ1v) is 10.5. The van der Waals surface area contributed by atoms with Crippen LogP contribution in [0.2, 0.25) is 15.1 Å². The summed E-state index contributed by atoms with van der Waals surface area (Å²) in [5, 5.41) is 4.32. The van der Waals surface area contributed by atoms with Gasteiger partial charge in [0, 0.05) is 21.3 Å². The Labute approximate surface area is 190 Å². The van der Waals surface area contributed by atoms with E-state index in [2.05, 4.69) is 5.32 Å². The first-order chi connectivity index (χ1) is 14.2. The normalized spacial score (nSPS) is 14.3. The number of nitrogens with one attached hydrogen (secondary N) is 1. The monoisotopic (exact) mass is 466 g/mol. The summed E-state index contributed by atoms with van der Waals surface area (Å²) >= 11 is 18.6. The number of imide groups is 1. The van der Waals surface area contributed by atoms with Crippen molar-refractivity contribution in [1.29, 1.82) is 0 Å². The molecule has 2 aromatic carbocycles. The summed E-state index contributed by atoms with van der Waals surface area (Å²) in [6, 6.07) is 10.1. The highest BCUT2D eigenvalue weighted by atomic mass is 35.5. The molecule has 0 fully saturated rings. The van der Waals surface area contributed by atoms with Gasteiger partial charge in [-0.1, -0.05) is 46.9 Å². The van der Waals surface area contributed by atoms with Crippen LogP contribution in [-0.4, -0.2) is 36.0 Å². The Morgan fingerprint density at radius 3 is 2.37 bits per heavy atom. The minimum Gasteiger partial charge on any atom is -0.377 e. The molecule has 5 nitrogen and oxygen atoms in total. The molecule has 0 saturated carbocycles. The van der Waals surface area contributed by atoms with E-state index in [4.69, 9.17) is 39.5 Å². The summed E-state index contributed by atoms with van der Waals surface area (Å²) in [5.41, 5.74) is 2.23. The molecule has 158 valence electrons. The van der Waals surface area contributed by atoms with E-state index in [1.807, 2.05) is 26.8 Å². The van der Waals surface area contributed by atoms with Gasteiger partial charge in [-0.2, -0.15) is 0 Å². The van der Waals surface area contributed by atoms with Crippen LogP contribution in [0.5, 0.6) is 0 Å². The van der Waals surface area contributed by atoms with E-state index in [0.29, 0.717) is 21.3 Å². The van der Waals surface area contributed by atoms with Crippen LogP contribution in [0, 0.1) is 6.92 Å². The zero-order valence-electron chi connectivity index (χ0n) is 16.8. The fourth-order valence-electron chi connectivity index (χ4n) is 3.03. The highest BCUT2D eigenvalue weighted by molar-refractivity contribution is 6.41. The summed E-state index contributed by atoms with van der Waals surface area (Å²) < 4.78 is 5.52. The second-order valence-electron chi connectivity index (χ2n) is 7.14. The molecule has 2 amide bonds. The molecule has 0 spiro atoms. The summed E-state index contributed by atoms with van der Waals surface area (Å²) in [4.78, 5) is 27.5. The number of amides is 2. The van der Waals surface area contributed by atoms with E-state index in [9.17, 15) is 9.59 Å². The Balaban J connectivity index is 2.02. The number of hydrogen-bond donors (Lipinski definition) is 1. The van der Waals surface area contributed by atoms with Gasteiger partial charge in [0.25, 0.3) is 11.8 Å². The zero-order valence-corrected chi connectivity index (χ0v) is 19.0. The third-order valence-corrected chi connectivity index (χ3v) is 5.53. The third kappa shape index (κ3) is 4.81. The maximum atomic E-state index is 13.2. The fraction of sp³-hybridized carbons (Fsp3) is 0.273. The molecule has 2 aromatic rings. The quantitative estimate of drug-likeness (QED) is 0.541. The molecular weight excluding hydrogens is 447 g/mol. The molecule has 1 N–H and O–H groups in total. The van der Waals surface area contributed by atoms with Gasteiger partial charge >= 0.3 is 0 Å². The highest BCUT2D eigenvalue weighted by Gasteiger charge is 2.39. The van der Waals surface area contributed by atoms with Crippen LogP contribution < -0.4 is 5.32 Å². The van der Waals surface area contributed by atoms with Gasteiger partial charge in [0.1, 0.15) is 5.70 Å². The molecule has 1 aliphatic heterocycles. The summed E-state index contributed by atoms with van der Waals surface area (Å²) in [6.07, 6.45) is -0.0109. The van der Waals surface area contributed by atoms with Crippen LogP contribution in [0.4, 0.5) is 5.69 Å². The van der Waals surface area contributed by atoms with Crippen LogP contribution in [0.1, 0.15) is 25.0 Å². The van der Waals surface area contributed by atoms with E-state index >= 15 is 0 Å². The SMILES string of the molecule is Cc1ccc(NC2=C(c3ccc(Cl)cc3Cl)C(=O)N(CCOC(C)C)C2=O)cc1Cl. The minimum absolute atomic E-state index is 0.0109. The molecule has 0 aliphatic carbocycles. The number of aryl methyl sites for hydroxylation is 1. The first-order valence-electron chi connectivity index (χ1n) is 9.39. The molecule has 0 unspecified atom stereocenters. The standard InChI is InChI=1S/C22H21Cl3N2O3/c1-12(2)30-9-8-27-21(28)19(16-7-5-14(23)10-18(16)25)20(22(27)29)26-15-6-4-13(3)17(24)11-15/h4-7,10-12,26H,8-9H2,1-3H3. The number of ether oxygens (including phenoxy) is 1. The predicted molar refractivity (Wildman–Crippen MR) is 121 cm³/mol. The lowest BCUT2D eigenvalue weighted by atomic mass is 10.0. The molecule has 8 heteroatoms. The molecule has 0 bridgehead atoms. The Morgan fingerprint density at radius 2 is 1.73 bits per heavy atom. The van der Waals surface area contributed by atoms with E-state index in [-0.39, 0.29) is 35.5 Å². The second-order valence-corrected chi connectivity index (χ2v) is 8.40. The van der Waals surface area contributed by atoms with Crippen molar-refractivity contribution >= 4 is 57.9 Å².